The predicted octanol–water partition coefficient (Wildman–Crippen LogP) is 3.73. The molecule has 0 radical (unpaired) electrons. The summed E-state index contributed by atoms with van der Waals surface area (Å²) in [6.45, 7) is 0. The van der Waals surface area contributed by atoms with Gasteiger partial charge in [-0.2, -0.15) is 0 Å². The molecule has 6 heteroatoms. The van der Waals surface area contributed by atoms with Crippen LogP contribution in [0.3, 0.4) is 0 Å². The fourth-order valence-corrected chi connectivity index (χ4v) is 3.68. The van der Waals surface area contributed by atoms with Crippen molar-refractivity contribution in [3.8, 4) is 5.75 Å². The maximum Gasteiger partial charge on any atom is 0.254 e. The van der Waals surface area contributed by atoms with E-state index < -0.39 is 0 Å². The Balaban J connectivity index is 1.96. The first-order chi connectivity index (χ1) is 12.2. The molecule has 0 N–H and O–H groups in total. The molecule has 0 saturated heterocycles. The van der Waals surface area contributed by atoms with E-state index in [2.05, 4.69) is 15.1 Å². The average Bonchev–Trinajstić information content (AvgIpc) is 2.66. The summed E-state index contributed by atoms with van der Waals surface area (Å²) in [4.78, 5) is 23.6. The van der Waals surface area contributed by atoms with Crippen LogP contribution in [0.5, 0.6) is 5.75 Å². The van der Waals surface area contributed by atoms with Gasteiger partial charge in [-0.05, 0) is 49.3 Å². The van der Waals surface area contributed by atoms with Crippen molar-refractivity contribution in [2.75, 3.05) is 14.2 Å². The van der Waals surface area contributed by atoms with Gasteiger partial charge in [0, 0.05) is 18.6 Å². The molecule has 5 nitrogen and oxygen atoms in total. The molecule has 25 heavy (non-hydrogen) atoms. The number of isothiocyanates is 1. The van der Waals surface area contributed by atoms with E-state index in [-0.39, 0.29) is 18.0 Å². The number of aliphatic imine (C=N–C) groups is 1. The lowest BCUT2D eigenvalue weighted by molar-refractivity contribution is 0.0676. The van der Waals surface area contributed by atoms with E-state index in [1.54, 1.807) is 24.3 Å². The van der Waals surface area contributed by atoms with Crippen molar-refractivity contribution in [1.29, 1.82) is 0 Å². The Morgan fingerprint density at radius 2 is 2.16 bits per heavy atom. The number of nitrogens with zero attached hydrogens (tertiary/aromatic N) is 3. The molecule has 1 amide bonds. The van der Waals surface area contributed by atoms with Gasteiger partial charge >= 0.3 is 0 Å². The molecule has 2 aromatic rings. The molecule has 1 fully saturated rings. The Morgan fingerprint density at radius 3 is 2.92 bits per heavy atom. The van der Waals surface area contributed by atoms with E-state index in [1.165, 1.54) is 0 Å². The predicted molar refractivity (Wildman–Crippen MR) is 101 cm³/mol. The van der Waals surface area contributed by atoms with Gasteiger partial charge in [0.25, 0.3) is 5.91 Å². The minimum Gasteiger partial charge on any atom is -0.497 e. The Kier molecular flexibility index (Phi) is 5.41. The number of fused-ring (bicyclic) bond motifs is 1. The summed E-state index contributed by atoms with van der Waals surface area (Å²) < 4.78 is 5.30. The van der Waals surface area contributed by atoms with Crippen LogP contribution in [0.25, 0.3) is 10.9 Å². The van der Waals surface area contributed by atoms with Crippen LogP contribution < -0.4 is 4.74 Å². The number of amides is 1. The summed E-state index contributed by atoms with van der Waals surface area (Å²) in [5, 5.41) is 3.29. The molecule has 130 valence electrons. The van der Waals surface area contributed by atoms with Crippen LogP contribution in [0, 0.1) is 0 Å². The molecule has 0 bridgehead atoms. The van der Waals surface area contributed by atoms with Crippen molar-refractivity contribution in [2.24, 2.45) is 4.99 Å². The number of rotatable bonds is 4. The van der Waals surface area contributed by atoms with Crippen molar-refractivity contribution in [3.63, 3.8) is 0 Å². The van der Waals surface area contributed by atoms with Gasteiger partial charge in [-0.25, -0.2) is 4.99 Å². The monoisotopic (exact) mass is 355 g/mol. The Morgan fingerprint density at radius 1 is 1.36 bits per heavy atom. The first kappa shape index (κ1) is 17.5. The fraction of sp³-hybridized carbons (Fsp3) is 0.421. The molecule has 0 unspecified atom stereocenters. The lowest BCUT2D eigenvalue weighted by Gasteiger charge is -2.35. The van der Waals surface area contributed by atoms with Gasteiger partial charge in [0.2, 0.25) is 0 Å². The van der Waals surface area contributed by atoms with Crippen LogP contribution in [0.4, 0.5) is 0 Å². The van der Waals surface area contributed by atoms with Crippen LogP contribution in [0.15, 0.2) is 35.5 Å². The highest BCUT2D eigenvalue weighted by Crippen LogP contribution is 2.28. The number of methoxy groups -OCH3 is 1. The highest BCUT2D eigenvalue weighted by molar-refractivity contribution is 7.78. The first-order valence-corrected chi connectivity index (χ1v) is 8.83. The maximum absolute atomic E-state index is 13.2. The molecule has 1 aliphatic carbocycles. The van der Waals surface area contributed by atoms with Crippen LogP contribution >= 0.6 is 12.2 Å². The minimum absolute atomic E-state index is 0.0304. The SMILES string of the molecule is COc1ccc2nccc(C(=O)N(C)[C@H]3CCCC[C@@H]3N=C=S)c2c1. The number of hydrogen-bond acceptors (Lipinski definition) is 5. The standard InChI is InChI=1S/C19H21N3O2S/c1-22(18-6-4-3-5-17(18)21-12-25)19(23)14-9-10-20-16-8-7-13(24-2)11-15(14)16/h7-11,17-18H,3-6H2,1-2H3/t17-,18-/m0/s1. The minimum atomic E-state index is -0.0304. The van der Waals surface area contributed by atoms with E-state index in [1.807, 2.05) is 25.2 Å². The second-order valence-corrected chi connectivity index (χ2v) is 6.48. The zero-order valence-corrected chi connectivity index (χ0v) is 15.3. The normalized spacial score (nSPS) is 19.9. The second-order valence-electron chi connectivity index (χ2n) is 6.30. The molecule has 1 heterocycles. The average molecular weight is 355 g/mol. The Bertz CT molecular complexity index is 833. The lowest BCUT2D eigenvalue weighted by Crippen LogP contribution is -2.45. The number of aromatic nitrogens is 1. The van der Waals surface area contributed by atoms with Gasteiger partial charge in [-0.3, -0.25) is 9.78 Å². The highest BCUT2D eigenvalue weighted by atomic mass is 32.1. The van der Waals surface area contributed by atoms with E-state index in [9.17, 15) is 4.79 Å². The summed E-state index contributed by atoms with van der Waals surface area (Å²) >= 11 is 4.78. The third-order valence-electron chi connectivity index (χ3n) is 4.91. The van der Waals surface area contributed by atoms with E-state index in [4.69, 9.17) is 17.0 Å². The van der Waals surface area contributed by atoms with Crippen molar-refractivity contribution in [1.82, 2.24) is 9.88 Å². The topological polar surface area (TPSA) is 54.8 Å². The third kappa shape index (κ3) is 3.55. The number of carbonyl (C=O) groups is 1. The summed E-state index contributed by atoms with van der Waals surface area (Å²) in [6.07, 6.45) is 5.75. The van der Waals surface area contributed by atoms with Gasteiger partial charge in [-0.15, -0.1) is 0 Å². The van der Waals surface area contributed by atoms with Crippen molar-refractivity contribution in [2.45, 2.75) is 37.8 Å². The van der Waals surface area contributed by atoms with Crippen LogP contribution in [0.2, 0.25) is 0 Å². The fourth-order valence-electron chi connectivity index (χ4n) is 3.54. The number of ether oxygens (including phenoxy) is 1. The molecule has 3 rings (SSSR count). The van der Waals surface area contributed by atoms with Gasteiger partial charge in [0.05, 0.1) is 35.4 Å². The number of hydrogen-bond donors (Lipinski definition) is 0. The summed E-state index contributed by atoms with van der Waals surface area (Å²) in [5.74, 6) is 0.676. The molecule has 1 aromatic heterocycles. The number of carbonyl (C=O) groups excluding carboxylic acids is 1. The molecular formula is C19H21N3O2S. The number of thiocarbonyl (C=S) groups is 1. The van der Waals surface area contributed by atoms with Crippen molar-refractivity contribution >= 4 is 34.2 Å². The van der Waals surface area contributed by atoms with Crippen LogP contribution in [-0.2, 0) is 0 Å². The lowest BCUT2D eigenvalue weighted by atomic mass is 9.89. The van der Waals surface area contributed by atoms with Crippen LogP contribution in [-0.4, -0.2) is 47.2 Å². The van der Waals surface area contributed by atoms with Crippen LogP contribution in [0.1, 0.15) is 36.0 Å². The van der Waals surface area contributed by atoms with Crippen molar-refractivity contribution < 1.29 is 9.53 Å². The molecule has 0 aliphatic heterocycles. The summed E-state index contributed by atoms with van der Waals surface area (Å²) in [7, 11) is 3.46. The van der Waals surface area contributed by atoms with Gasteiger partial charge in [0.1, 0.15) is 5.75 Å². The molecule has 0 spiro atoms. The molecule has 1 aliphatic rings. The van der Waals surface area contributed by atoms with E-state index in [0.29, 0.717) is 11.3 Å². The molecule has 2 atom stereocenters. The maximum atomic E-state index is 13.2. The highest BCUT2D eigenvalue weighted by Gasteiger charge is 2.31. The smallest absolute Gasteiger partial charge is 0.254 e. The zero-order chi connectivity index (χ0) is 17.8. The van der Waals surface area contributed by atoms with Crippen molar-refractivity contribution in [3.05, 3.63) is 36.0 Å². The number of benzene rings is 1. The quantitative estimate of drug-likeness (QED) is 0.619. The zero-order valence-electron chi connectivity index (χ0n) is 14.4. The van der Waals surface area contributed by atoms with Gasteiger partial charge in [0.15, 0.2) is 0 Å². The van der Waals surface area contributed by atoms with E-state index >= 15 is 0 Å². The Labute approximate surface area is 152 Å². The van der Waals surface area contributed by atoms with Gasteiger partial charge in [-0.1, -0.05) is 12.8 Å². The largest absolute Gasteiger partial charge is 0.497 e. The third-order valence-corrected chi connectivity index (χ3v) is 5.01. The number of pyridine rings is 1. The van der Waals surface area contributed by atoms with E-state index in [0.717, 1.165) is 36.6 Å². The number of likely N-dealkylation sites (N-methyl/N-ethyl adjacent to an activating group) is 1. The Hall–Kier alpha value is -2.30. The molecular weight excluding hydrogens is 334 g/mol. The second kappa shape index (κ2) is 7.72. The molecule has 1 saturated carbocycles. The first-order valence-electron chi connectivity index (χ1n) is 8.42. The van der Waals surface area contributed by atoms with Gasteiger partial charge < -0.3 is 9.64 Å². The summed E-state index contributed by atoms with van der Waals surface area (Å²) in [5.41, 5.74) is 1.40. The molecule has 1 aromatic carbocycles. The summed E-state index contributed by atoms with van der Waals surface area (Å²) in [6, 6.07) is 7.41.